The van der Waals surface area contributed by atoms with E-state index >= 15 is 0 Å². The molecule has 0 saturated heterocycles. The zero-order valence-electron chi connectivity index (χ0n) is 19.3. The molecule has 2 aromatic rings. The largest absolute Gasteiger partial charge is 0.443 e. The Kier molecular flexibility index (Phi) is 5.74. The highest BCUT2D eigenvalue weighted by Gasteiger charge is 2.46. The van der Waals surface area contributed by atoms with E-state index in [1.165, 1.54) is 26.7 Å². The minimum Gasteiger partial charge on any atom is -0.443 e. The van der Waals surface area contributed by atoms with Crippen LogP contribution in [0.1, 0.15) is 63.4 Å². The number of amides is 1. The smallest absolute Gasteiger partial charge is 0.428 e. The number of carbonyl (C=O) groups excluding carboxylic acids is 1. The van der Waals surface area contributed by atoms with Crippen molar-refractivity contribution < 1.29 is 18.3 Å². The molecule has 2 atom stereocenters. The molecule has 2 heterocycles. The highest BCUT2D eigenvalue weighted by molar-refractivity contribution is 7.20. The number of aryl methyl sites for hydroxylation is 1. The minimum atomic E-state index is -2.69. The number of thiophene rings is 1. The Morgan fingerprint density at radius 1 is 1.33 bits per heavy atom. The average molecular weight is 483 g/mol. The lowest BCUT2D eigenvalue weighted by Crippen LogP contribution is -2.44. The molecule has 180 valence electrons. The van der Waals surface area contributed by atoms with Gasteiger partial charge in [0.25, 0.3) is 5.56 Å². The van der Waals surface area contributed by atoms with Crippen LogP contribution < -0.4 is 16.7 Å². The Bertz CT molecular complexity index is 1250. The fourth-order valence-electron chi connectivity index (χ4n) is 4.24. The molecule has 2 saturated carbocycles. The lowest BCUT2D eigenvalue weighted by molar-refractivity contribution is -0.114. The van der Waals surface area contributed by atoms with Gasteiger partial charge in [0.05, 0.1) is 16.5 Å². The molecule has 33 heavy (non-hydrogen) atoms. The number of nitrogens with one attached hydrogen (secondary N) is 1. The molecule has 2 aromatic heterocycles. The fourth-order valence-corrected chi connectivity index (χ4v) is 5.41. The fraction of sp³-hybridized carbons (Fsp3) is 0.636. The molecule has 0 unspecified atom stereocenters. The molecule has 0 spiro atoms. The predicted molar refractivity (Wildman–Crippen MR) is 123 cm³/mol. The van der Waals surface area contributed by atoms with Gasteiger partial charge in [-0.2, -0.15) is 5.10 Å². The molecule has 0 aliphatic heterocycles. The Labute approximate surface area is 193 Å². The van der Waals surface area contributed by atoms with Gasteiger partial charge in [0.15, 0.2) is 0 Å². The molecule has 1 N–H and O–H groups in total. The Morgan fingerprint density at radius 3 is 2.52 bits per heavy atom. The number of fused-ring (bicyclic) bond motifs is 1. The topological polar surface area (TPSA) is 94.7 Å². The Morgan fingerprint density at radius 2 is 1.97 bits per heavy atom. The van der Waals surface area contributed by atoms with Gasteiger partial charge in [-0.25, -0.2) is 23.8 Å². The number of aromatic nitrogens is 2. The van der Waals surface area contributed by atoms with Crippen molar-refractivity contribution in [1.82, 2.24) is 14.6 Å². The third-order valence-corrected chi connectivity index (χ3v) is 7.28. The monoisotopic (exact) mass is 482 g/mol. The first-order valence-corrected chi connectivity index (χ1v) is 11.8. The van der Waals surface area contributed by atoms with E-state index in [1.54, 1.807) is 27.7 Å². The molecular formula is C22H28F2N4O4S. The number of ether oxygens (including phenoxy) is 1. The summed E-state index contributed by atoms with van der Waals surface area (Å²) in [4.78, 5) is 39.4. The van der Waals surface area contributed by atoms with Gasteiger partial charge in [-0.05, 0) is 51.5 Å². The number of nitrogens with zero attached hydrogens (tertiary/aromatic N) is 3. The number of rotatable bonds is 5. The standard InChI is InChI=1S/C22H28F2N4O4S/c1-11-6-14(11)28-17(29)16-12(2)15(9-25-26-19(30)32-21(3,4)5)33-18(16)27(20(28)31)10-13-7-22(23,24)8-13/h9,11,13-14H,6-8,10H2,1-5H3,(H,26,30)/b25-9+/t11-,14-/m0/s1. The van der Waals surface area contributed by atoms with Crippen LogP contribution in [-0.4, -0.2) is 33.0 Å². The van der Waals surface area contributed by atoms with Gasteiger partial charge in [0.2, 0.25) is 5.92 Å². The molecule has 2 aliphatic rings. The van der Waals surface area contributed by atoms with Crippen LogP contribution in [0.5, 0.6) is 0 Å². The van der Waals surface area contributed by atoms with E-state index < -0.39 is 23.3 Å². The summed E-state index contributed by atoms with van der Waals surface area (Å²) in [5.41, 5.74) is 1.42. The van der Waals surface area contributed by atoms with Gasteiger partial charge in [-0.1, -0.05) is 6.92 Å². The maximum absolute atomic E-state index is 13.4. The first-order valence-electron chi connectivity index (χ1n) is 11.0. The zero-order chi connectivity index (χ0) is 24.3. The summed E-state index contributed by atoms with van der Waals surface area (Å²) < 4.78 is 34.7. The van der Waals surface area contributed by atoms with Crippen LogP contribution in [0.15, 0.2) is 14.7 Å². The van der Waals surface area contributed by atoms with Crippen molar-refractivity contribution in [2.75, 3.05) is 0 Å². The van der Waals surface area contributed by atoms with E-state index in [2.05, 4.69) is 10.5 Å². The number of halogens is 2. The number of alkyl halides is 2. The van der Waals surface area contributed by atoms with Crippen LogP contribution in [0.25, 0.3) is 10.2 Å². The second kappa shape index (κ2) is 8.03. The summed E-state index contributed by atoms with van der Waals surface area (Å²) in [6.07, 6.45) is 0.890. The van der Waals surface area contributed by atoms with Gasteiger partial charge in [0.1, 0.15) is 10.4 Å². The van der Waals surface area contributed by atoms with Crippen molar-refractivity contribution in [2.24, 2.45) is 16.9 Å². The van der Waals surface area contributed by atoms with Crippen LogP contribution in [0.4, 0.5) is 13.6 Å². The molecule has 4 rings (SSSR count). The average Bonchev–Trinajstić information content (AvgIpc) is 3.26. The lowest BCUT2D eigenvalue weighted by Gasteiger charge is -2.35. The van der Waals surface area contributed by atoms with Crippen molar-refractivity contribution in [3.05, 3.63) is 31.3 Å². The summed E-state index contributed by atoms with van der Waals surface area (Å²) in [6.45, 7) is 9.06. The summed E-state index contributed by atoms with van der Waals surface area (Å²) in [6, 6.07) is -0.172. The lowest BCUT2D eigenvalue weighted by atomic mass is 9.81. The van der Waals surface area contributed by atoms with Crippen LogP contribution in [0.3, 0.4) is 0 Å². The number of carbonyl (C=O) groups is 1. The maximum atomic E-state index is 13.4. The number of hydrogen-bond donors (Lipinski definition) is 1. The molecule has 0 bridgehead atoms. The van der Waals surface area contributed by atoms with Gasteiger partial charge < -0.3 is 4.74 Å². The van der Waals surface area contributed by atoms with Crippen molar-refractivity contribution in [3.8, 4) is 0 Å². The minimum absolute atomic E-state index is 0.138. The SMILES string of the molecule is Cc1c(/C=N/NC(=O)OC(C)(C)C)sc2c1c(=O)n([C@H]1C[C@@H]1C)c(=O)n2CC1CC(F)(F)C1. The molecule has 0 radical (unpaired) electrons. The van der Waals surface area contributed by atoms with E-state index in [4.69, 9.17) is 4.74 Å². The highest BCUT2D eigenvalue weighted by Crippen LogP contribution is 2.44. The van der Waals surface area contributed by atoms with Crippen molar-refractivity contribution in [1.29, 1.82) is 0 Å². The molecular weight excluding hydrogens is 454 g/mol. The third-order valence-electron chi connectivity index (χ3n) is 6.03. The van der Waals surface area contributed by atoms with Crippen molar-refractivity contribution >= 4 is 33.9 Å². The maximum Gasteiger partial charge on any atom is 0.428 e. The molecule has 2 aliphatic carbocycles. The third kappa shape index (κ3) is 4.73. The van der Waals surface area contributed by atoms with Gasteiger partial charge in [0, 0.05) is 25.4 Å². The molecule has 8 nitrogen and oxygen atoms in total. The zero-order valence-corrected chi connectivity index (χ0v) is 20.1. The van der Waals surface area contributed by atoms with Gasteiger partial charge in [-0.3, -0.25) is 13.9 Å². The van der Waals surface area contributed by atoms with E-state index in [0.29, 0.717) is 20.7 Å². The normalized spacial score (nSPS) is 22.5. The summed E-state index contributed by atoms with van der Waals surface area (Å²) >= 11 is 1.18. The van der Waals surface area contributed by atoms with Crippen molar-refractivity contribution in [2.45, 2.75) is 78.0 Å². The number of hydrazone groups is 1. The van der Waals surface area contributed by atoms with Crippen LogP contribution in [0.2, 0.25) is 0 Å². The van der Waals surface area contributed by atoms with Crippen LogP contribution in [-0.2, 0) is 11.3 Å². The predicted octanol–water partition coefficient (Wildman–Crippen LogP) is 4.02. The van der Waals surface area contributed by atoms with Gasteiger partial charge in [-0.15, -0.1) is 11.3 Å². The summed E-state index contributed by atoms with van der Waals surface area (Å²) in [5, 5.41) is 4.31. The second-order valence-electron chi connectivity index (χ2n) is 10.1. The summed E-state index contributed by atoms with van der Waals surface area (Å²) in [5.74, 6) is -2.80. The van der Waals surface area contributed by atoms with Gasteiger partial charge >= 0.3 is 11.8 Å². The van der Waals surface area contributed by atoms with E-state index in [9.17, 15) is 23.2 Å². The number of hydrogen-bond acceptors (Lipinski definition) is 6. The summed E-state index contributed by atoms with van der Waals surface area (Å²) in [7, 11) is 0. The molecule has 1 amide bonds. The Hall–Kier alpha value is -2.56. The first-order chi connectivity index (χ1) is 15.3. The molecule has 0 aromatic carbocycles. The van der Waals surface area contributed by atoms with Crippen LogP contribution >= 0.6 is 11.3 Å². The van der Waals surface area contributed by atoms with E-state index in [-0.39, 0.29) is 42.8 Å². The van der Waals surface area contributed by atoms with Crippen molar-refractivity contribution in [3.63, 3.8) is 0 Å². The first kappa shape index (κ1) is 23.6. The molecule has 11 heteroatoms. The highest BCUT2D eigenvalue weighted by atomic mass is 32.1. The molecule has 2 fully saturated rings. The van der Waals surface area contributed by atoms with E-state index in [1.807, 2.05) is 6.92 Å². The Balaban J connectivity index is 1.72. The van der Waals surface area contributed by atoms with Crippen LogP contribution in [0, 0.1) is 18.8 Å². The quantitative estimate of drug-likeness (QED) is 0.515. The second-order valence-corrected chi connectivity index (χ2v) is 11.2. The van der Waals surface area contributed by atoms with E-state index in [0.717, 1.165) is 6.42 Å².